The maximum absolute atomic E-state index is 3.61. The van der Waals surface area contributed by atoms with Crippen LogP contribution in [0.4, 0.5) is 0 Å². The van der Waals surface area contributed by atoms with Gasteiger partial charge in [0.05, 0.1) is 0 Å². The first-order valence-electron chi connectivity index (χ1n) is 5.87. The molecule has 1 atom stereocenters. The fraction of sp³-hybridized carbons (Fsp3) is 1.00. The number of hydrogen-bond acceptors (Lipinski definition) is 2. The lowest BCUT2D eigenvalue weighted by molar-refractivity contribution is 0.225. The summed E-state index contributed by atoms with van der Waals surface area (Å²) in [5.41, 5.74) is 0.498. The predicted octanol–water partition coefficient (Wildman–Crippen LogP) is 2.10. The van der Waals surface area contributed by atoms with Crippen LogP contribution in [-0.2, 0) is 0 Å². The molecule has 1 saturated heterocycles. The summed E-state index contributed by atoms with van der Waals surface area (Å²) in [4.78, 5) is 2.43. The van der Waals surface area contributed by atoms with Gasteiger partial charge in [0.25, 0.3) is 0 Å². The molecular formula is C12H26N2. The summed E-state index contributed by atoms with van der Waals surface area (Å²) in [7, 11) is 2.21. The molecule has 1 unspecified atom stereocenters. The second kappa shape index (κ2) is 4.63. The molecule has 1 aliphatic heterocycles. The lowest BCUT2D eigenvalue weighted by Gasteiger charge is -2.29. The lowest BCUT2D eigenvalue weighted by Crippen LogP contribution is -2.37. The largest absolute Gasteiger partial charge is 0.313 e. The first-order valence-corrected chi connectivity index (χ1v) is 5.87. The van der Waals surface area contributed by atoms with E-state index in [4.69, 9.17) is 0 Å². The molecule has 0 radical (unpaired) electrons. The summed E-state index contributed by atoms with van der Waals surface area (Å²) >= 11 is 0. The van der Waals surface area contributed by atoms with E-state index in [1.807, 2.05) is 0 Å². The molecule has 0 amide bonds. The van der Waals surface area contributed by atoms with Gasteiger partial charge in [-0.2, -0.15) is 0 Å². The molecule has 0 aliphatic carbocycles. The Kier molecular flexibility index (Phi) is 3.96. The Morgan fingerprint density at radius 2 is 2.07 bits per heavy atom. The summed E-state index contributed by atoms with van der Waals surface area (Å²) in [5.74, 6) is 0. The molecule has 2 heteroatoms. The molecule has 0 aromatic heterocycles. The van der Waals surface area contributed by atoms with Gasteiger partial charge in [0, 0.05) is 12.1 Å². The highest BCUT2D eigenvalue weighted by Crippen LogP contribution is 2.31. The second-order valence-electron chi connectivity index (χ2n) is 5.61. The third-order valence-corrected chi connectivity index (χ3v) is 3.76. The van der Waals surface area contributed by atoms with E-state index in [1.54, 1.807) is 0 Å². The third kappa shape index (κ3) is 2.96. The van der Waals surface area contributed by atoms with Crippen LogP contribution in [0.5, 0.6) is 0 Å². The fourth-order valence-corrected chi connectivity index (χ4v) is 2.10. The Labute approximate surface area is 89.1 Å². The Balaban J connectivity index is 2.31. The Hall–Kier alpha value is -0.0800. The predicted molar refractivity (Wildman–Crippen MR) is 62.6 cm³/mol. The van der Waals surface area contributed by atoms with E-state index in [0.717, 1.165) is 0 Å². The highest BCUT2D eigenvalue weighted by molar-refractivity contribution is 4.91. The van der Waals surface area contributed by atoms with E-state index in [0.29, 0.717) is 17.5 Å². The van der Waals surface area contributed by atoms with E-state index in [2.05, 4.69) is 45.0 Å². The molecule has 0 aromatic carbocycles. The average molecular weight is 198 g/mol. The number of nitrogens with one attached hydrogen (secondary N) is 1. The molecule has 84 valence electrons. The van der Waals surface area contributed by atoms with E-state index in [9.17, 15) is 0 Å². The van der Waals surface area contributed by atoms with Crippen molar-refractivity contribution < 1.29 is 0 Å². The van der Waals surface area contributed by atoms with Crippen LogP contribution in [-0.4, -0.2) is 37.1 Å². The molecule has 1 heterocycles. The minimum Gasteiger partial charge on any atom is -0.313 e. The van der Waals surface area contributed by atoms with Crippen molar-refractivity contribution in [2.24, 2.45) is 5.41 Å². The van der Waals surface area contributed by atoms with Crippen LogP contribution < -0.4 is 5.32 Å². The van der Waals surface area contributed by atoms with Crippen molar-refractivity contribution in [3.63, 3.8) is 0 Å². The lowest BCUT2D eigenvalue weighted by atomic mass is 9.83. The van der Waals surface area contributed by atoms with Crippen molar-refractivity contribution >= 4 is 0 Å². The van der Waals surface area contributed by atoms with Gasteiger partial charge in [-0.25, -0.2) is 0 Å². The monoisotopic (exact) mass is 198 g/mol. The van der Waals surface area contributed by atoms with E-state index >= 15 is 0 Å². The molecule has 1 rings (SSSR count). The van der Waals surface area contributed by atoms with E-state index < -0.39 is 0 Å². The molecule has 0 aromatic rings. The number of nitrogens with zero attached hydrogens (tertiary/aromatic N) is 1. The Morgan fingerprint density at radius 1 is 1.43 bits per heavy atom. The zero-order chi connectivity index (χ0) is 10.8. The van der Waals surface area contributed by atoms with Gasteiger partial charge in [-0.05, 0) is 52.2 Å². The SMILES string of the molecule is CC(C)N(C)CCC1NCCC1(C)C. The van der Waals surface area contributed by atoms with Crippen LogP contribution >= 0.6 is 0 Å². The molecule has 1 aliphatic rings. The van der Waals surface area contributed by atoms with E-state index in [1.165, 1.54) is 25.9 Å². The smallest absolute Gasteiger partial charge is 0.0131 e. The molecule has 0 bridgehead atoms. The van der Waals surface area contributed by atoms with Crippen molar-refractivity contribution in [1.82, 2.24) is 10.2 Å². The summed E-state index contributed by atoms with van der Waals surface area (Å²) in [6.45, 7) is 11.7. The van der Waals surface area contributed by atoms with Gasteiger partial charge in [-0.1, -0.05) is 13.8 Å². The molecule has 1 fully saturated rings. The van der Waals surface area contributed by atoms with E-state index in [-0.39, 0.29) is 0 Å². The van der Waals surface area contributed by atoms with Crippen LogP contribution in [0.25, 0.3) is 0 Å². The molecule has 2 nitrogen and oxygen atoms in total. The van der Waals surface area contributed by atoms with Crippen molar-refractivity contribution in [2.45, 2.75) is 52.6 Å². The van der Waals surface area contributed by atoms with Crippen LogP contribution in [0.1, 0.15) is 40.5 Å². The normalized spacial score (nSPS) is 26.4. The maximum Gasteiger partial charge on any atom is 0.0131 e. The minimum atomic E-state index is 0.498. The number of hydrogen-bond donors (Lipinski definition) is 1. The van der Waals surface area contributed by atoms with Crippen LogP contribution in [0.2, 0.25) is 0 Å². The fourth-order valence-electron chi connectivity index (χ4n) is 2.10. The molecule has 0 saturated carbocycles. The van der Waals surface area contributed by atoms with Crippen LogP contribution in [0, 0.1) is 5.41 Å². The highest BCUT2D eigenvalue weighted by Gasteiger charge is 2.33. The van der Waals surface area contributed by atoms with Crippen LogP contribution in [0.15, 0.2) is 0 Å². The molecular weight excluding hydrogens is 172 g/mol. The average Bonchev–Trinajstić information content (AvgIpc) is 2.40. The standard InChI is InChI=1S/C12H26N2/c1-10(2)14(5)9-6-11-12(3,4)7-8-13-11/h10-11,13H,6-9H2,1-5H3. The summed E-state index contributed by atoms with van der Waals surface area (Å²) < 4.78 is 0. The van der Waals surface area contributed by atoms with Gasteiger partial charge < -0.3 is 10.2 Å². The van der Waals surface area contributed by atoms with Gasteiger partial charge in [-0.3, -0.25) is 0 Å². The van der Waals surface area contributed by atoms with Crippen LogP contribution in [0.3, 0.4) is 0 Å². The topological polar surface area (TPSA) is 15.3 Å². The second-order valence-corrected chi connectivity index (χ2v) is 5.61. The van der Waals surface area contributed by atoms with Gasteiger partial charge in [-0.15, -0.1) is 0 Å². The van der Waals surface area contributed by atoms with Gasteiger partial charge in [0.2, 0.25) is 0 Å². The number of rotatable bonds is 4. The van der Waals surface area contributed by atoms with Crippen molar-refractivity contribution in [3.8, 4) is 0 Å². The van der Waals surface area contributed by atoms with Gasteiger partial charge in [0.15, 0.2) is 0 Å². The van der Waals surface area contributed by atoms with Crippen molar-refractivity contribution in [3.05, 3.63) is 0 Å². The summed E-state index contributed by atoms with van der Waals surface area (Å²) in [5, 5.41) is 3.61. The zero-order valence-corrected chi connectivity index (χ0v) is 10.4. The molecule has 0 spiro atoms. The van der Waals surface area contributed by atoms with Crippen molar-refractivity contribution in [1.29, 1.82) is 0 Å². The van der Waals surface area contributed by atoms with Crippen molar-refractivity contribution in [2.75, 3.05) is 20.1 Å². The highest BCUT2D eigenvalue weighted by atomic mass is 15.1. The first kappa shape index (κ1) is 12.0. The maximum atomic E-state index is 3.61. The molecule has 14 heavy (non-hydrogen) atoms. The third-order valence-electron chi connectivity index (χ3n) is 3.76. The van der Waals surface area contributed by atoms with Gasteiger partial charge in [0.1, 0.15) is 0 Å². The first-order chi connectivity index (χ1) is 6.43. The minimum absolute atomic E-state index is 0.498. The molecule has 1 N–H and O–H groups in total. The Morgan fingerprint density at radius 3 is 2.50 bits per heavy atom. The summed E-state index contributed by atoms with van der Waals surface area (Å²) in [6.07, 6.45) is 2.60. The quantitative estimate of drug-likeness (QED) is 0.744. The summed E-state index contributed by atoms with van der Waals surface area (Å²) in [6, 6.07) is 1.38. The zero-order valence-electron chi connectivity index (χ0n) is 10.4. The van der Waals surface area contributed by atoms with Gasteiger partial charge >= 0.3 is 0 Å². The Bertz CT molecular complexity index is 175.